The van der Waals surface area contributed by atoms with Crippen LogP contribution in [0.15, 0.2) is 57.5 Å². The van der Waals surface area contributed by atoms with E-state index in [0.29, 0.717) is 36.1 Å². The van der Waals surface area contributed by atoms with Gasteiger partial charge in [0.1, 0.15) is 0 Å². The van der Waals surface area contributed by atoms with Crippen LogP contribution < -0.4 is 10.6 Å². The molecule has 4 rings (SSSR count). The zero-order valence-electron chi connectivity index (χ0n) is 19.3. The van der Waals surface area contributed by atoms with Gasteiger partial charge in [-0.2, -0.15) is 4.98 Å². The van der Waals surface area contributed by atoms with E-state index >= 15 is 0 Å². The van der Waals surface area contributed by atoms with E-state index in [4.69, 9.17) is 4.52 Å². The Balaban J connectivity index is 1.38. The van der Waals surface area contributed by atoms with Crippen LogP contribution in [0.1, 0.15) is 42.9 Å². The molecule has 1 fully saturated rings. The highest BCUT2D eigenvalue weighted by Gasteiger charge is 2.28. The summed E-state index contributed by atoms with van der Waals surface area (Å²) in [4.78, 5) is 32.3. The molecule has 178 valence electrons. The summed E-state index contributed by atoms with van der Waals surface area (Å²) in [5, 5.41) is 9.95. The van der Waals surface area contributed by atoms with E-state index in [1.54, 1.807) is 18.2 Å². The molecule has 0 saturated carbocycles. The van der Waals surface area contributed by atoms with Gasteiger partial charge < -0.3 is 15.2 Å². The molecule has 1 unspecified atom stereocenters. The standard InChI is InChI=1S/C25H28BrN5O3/c1-16(2)27-25(33)20-10-3-4-11-21(20)28-24(32)18-8-6-12-31(14-18)15-22-29-23(30-34-22)17-7-5-9-19(26)13-17/h3-5,7,9-11,13,16,18H,6,8,12,14-15H2,1-2H3,(H,27,33)(H,28,32). The molecule has 0 bridgehead atoms. The lowest BCUT2D eigenvalue weighted by atomic mass is 9.96. The van der Waals surface area contributed by atoms with Crippen molar-refractivity contribution in [3.63, 3.8) is 0 Å². The molecular formula is C25H28BrN5O3. The fourth-order valence-corrected chi connectivity index (χ4v) is 4.43. The van der Waals surface area contributed by atoms with E-state index < -0.39 is 0 Å². The summed E-state index contributed by atoms with van der Waals surface area (Å²) in [6, 6.07) is 14.8. The minimum absolute atomic E-state index is 0.0109. The molecule has 1 aliphatic heterocycles. The van der Waals surface area contributed by atoms with Gasteiger partial charge in [-0.1, -0.05) is 45.4 Å². The van der Waals surface area contributed by atoms with Crippen LogP contribution >= 0.6 is 15.9 Å². The number of carbonyl (C=O) groups is 2. The molecule has 8 nitrogen and oxygen atoms in total. The van der Waals surface area contributed by atoms with Gasteiger partial charge in [0.15, 0.2) is 0 Å². The van der Waals surface area contributed by atoms with Crippen LogP contribution in [0.3, 0.4) is 0 Å². The molecule has 2 amide bonds. The number of nitrogens with one attached hydrogen (secondary N) is 2. The summed E-state index contributed by atoms with van der Waals surface area (Å²) < 4.78 is 6.41. The largest absolute Gasteiger partial charge is 0.350 e. The van der Waals surface area contributed by atoms with Crippen LogP contribution in [0.5, 0.6) is 0 Å². The number of halogens is 1. The van der Waals surface area contributed by atoms with E-state index in [2.05, 4.69) is 41.6 Å². The van der Waals surface area contributed by atoms with Crippen molar-refractivity contribution in [3.05, 3.63) is 64.5 Å². The first kappa shape index (κ1) is 24.1. The molecule has 1 aliphatic rings. The second-order valence-corrected chi connectivity index (χ2v) is 9.68. The van der Waals surface area contributed by atoms with Gasteiger partial charge in [0.05, 0.1) is 23.7 Å². The minimum Gasteiger partial charge on any atom is -0.350 e. The maximum Gasteiger partial charge on any atom is 0.253 e. The predicted octanol–water partition coefficient (Wildman–Crippen LogP) is 4.49. The van der Waals surface area contributed by atoms with Gasteiger partial charge in [-0.15, -0.1) is 0 Å². The molecular weight excluding hydrogens is 498 g/mol. The molecule has 0 aliphatic carbocycles. The molecule has 3 aromatic rings. The van der Waals surface area contributed by atoms with Gasteiger partial charge in [0, 0.05) is 22.6 Å². The molecule has 9 heteroatoms. The maximum atomic E-state index is 13.1. The number of rotatable bonds is 7. The predicted molar refractivity (Wildman–Crippen MR) is 133 cm³/mol. The molecule has 2 heterocycles. The van der Waals surface area contributed by atoms with Gasteiger partial charge in [-0.05, 0) is 57.5 Å². The van der Waals surface area contributed by atoms with E-state index in [9.17, 15) is 9.59 Å². The number of para-hydroxylation sites is 1. The van der Waals surface area contributed by atoms with Crippen molar-refractivity contribution in [2.45, 2.75) is 39.3 Å². The molecule has 2 aromatic carbocycles. The zero-order chi connectivity index (χ0) is 24.1. The Morgan fingerprint density at radius 3 is 2.82 bits per heavy atom. The summed E-state index contributed by atoms with van der Waals surface area (Å²) in [5.41, 5.74) is 1.86. The number of carbonyl (C=O) groups excluding carboxylic acids is 2. The average Bonchev–Trinajstić information content (AvgIpc) is 3.27. The summed E-state index contributed by atoms with van der Waals surface area (Å²) in [5.74, 6) is 0.580. The van der Waals surface area contributed by atoms with E-state index in [1.807, 2.05) is 44.2 Å². The topological polar surface area (TPSA) is 100 Å². The number of hydrogen-bond donors (Lipinski definition) is 2. The van der Waals surface area contributed by atoms with Crippen molar-refractivity contribution in [2.75, 3.05) is 18.4 Å². The van der Waals surface area contributed by atoms with Crippen LogP contribution in [0.25, 0.3) is 11.4 Å². The van der Waals surface area contributed by atoms with Crippen LogP contribution in [-0.2, 0) is 11.3 Å². The first-order chi connectivity index (χ1) is 16.4. The second-order valence-electron chi connectivity index (χ2n) is 8.76. The van der Waals surface area contributed by atoms with Gasteiger partial charge in [-0.25, -0.2) is 0 Å². The van der Waals surface area contributed by atoms with Crippen LogP contribution in [-0.4, -0.2) is 46.0 Å². The Labute approximate surface area is 207 Å². The Bertz CT molecular complexity index is 1160. The number of piperidine rings is 1. The number of aromatic nitrogens is 2. The third-order valence-electron chi connectivity index (χ3n) is 5.64. The van der Waals surface area contributed by atoms with Crippen molar-refractivity contribution in [1.82, 2.24) is 20.4 Å². The van der Waals surface area contributed by atoms with E-state index in [1.165, 1.54) is 0 Å². The lowest BCUT2D eigenvalue weighted by Gasteiger charge is -2.31. The van der Waals surface area contributed by atoms with E-state index in [-0.39, 0.29) is 23.8 Å². The van der Waals surface area contributed by atoms with E-state index in [0.717, 1.165) is 29.4 Å². The van der Waals surface area contributed by atoms with Gasteiger partial charge in [-0.3, -0.25) is 14.5 Å². The number of benzene rings is 2. The number of likely N-dealkylation sites (tertiary alicyclic amines) is 1. The van der Waals surface area contributed by atoms with Gasteiger partial charge in [0.2, 0.25) is 17.6 Å². The first-order valence-corrected chi connectivity index (χ1v) is 12.2. The van der Waals surface area contributed by atoms with Crippen molar-refractivity contribution in [1.29, 1.82) is 0 Å². The first-order valence-electron chi connectivity index (χ1n) is 11.4. The van der Waals surface area contributed by atoms with Crippen LogP contribution in [0.2, 0.25) is 0 Å². The summed E-state index contributed by atoms with van der Waals surface area (Å²) in [7, 11) is 0. The zero-order valence-corrected chi connectivity index (χ0v) is 20.8. The Kier molecular flexibility index (Phi) is 7.74. The van der Waals surface area contributed by atoms with Gasteiger partial charge in [0.25, 0.3) is 5.91 Å². The second kappa shape index (κ2) is 10.9. The normalized spacial score (nSPS) is 16.4. The van der Waals surface area contributed by atoms with Gasteiger partial charge >= 0.3 is 0 Å². The highest BCUT2D eigenvalue weighted by atomic mass is 79.9. The SMILES string of the molecule is CC(C)NC(=O)c1ccccc1NC(=O)C1CCCN(Cc2nc(-c3cccc(Br)c3)no2)C1. The average molecular weight is 526 g/mol. The van der Waals surface area contributed by atoms with Crippen molar-refractivity contribution < 1.29 is 14.1 Å². The highest BCUT2D eigenvalue weighted by molar-refractivity contribution is 9.10. The fourth-order valence-electron chi connectivity index (χ4n) is 4.03. The molecule has 0 radical (unpaired) electrons. The fraction of sp³-hybridized carbons (Fsp3) is 0.360. The quantitative estimate of drug-likeness (QED) is 0.471. The van der Waals surface area contributed by atoms with Crippen molar-refractivity contribution in [2.24, 2.45) is 5.92 Å². The summed E-state index contributed by atoms with van der Waals surface area (Å²) >= 11 is 3.46. The third kappa shape index (κ3) is 6.09. The van der Waals surface area contributed by atoms with Crippen LogP contribution in [0.4, 0.5) is 5.69 Å². The number of nitrogens with zero attached hydrogens (tertiary/aromatic N) is 3. The third-order valence-corrected chi connectivity index (χ3v) is 6.13. The number of amides is 2. The minimum atomic E-state index is -0.200. The summed E-state index contributed by atoms with van der Waals surface area (Å²) in [6.45, 7) is 5.73. The monoisotopic (exact) mass is 525 g/mol. The Morgan fingerprint density at radius 1 is 1.21 bits per heavy atom. The highest BCUT2D eigenvalue weighted by Crippen LogP contribution is 2.24. The van der Waals surface area contributed by atoms with Crippen molar-refractivity contribution >= 4 is 33.4 Å². The molecule has 1 atom stereocenters. The summed E-state index contributed by atoms with van der Waals surface area (Å²) in [6.07, 6.45) is 1.68. The molecule has 2 N–H and O–H groups in total. The molecule has 0 spiro atoms. The lowest BCUT2D eigenvalue weighted by Crippen LogP contribution is -2.40. The smallest absolute Gasteiger partial charge is 0.253 e. The molecule has 1 saturated heterocycles. The Hall–Kier alpha value is -3.04. The van der Waals surface area contributed by atoms with Crippen molar-refractivity contribution in [3.8, 4) is 11.4 Å². The van der Waals surface area contributed by atoms with Crippen LogP contribution in [0, 0.1) is 5.92 Å². The Morgan fingerprint density at radius 2 is 2.03 bits per heavy atom. The molecule has 34 heavy (non-hydrogen) atoms. The molecule has 1 aromatic heterocycles. The maximum absolute atomic E-state index is 13.1. The number of hydrogen-bond acceptors (Lipinski definition) is 6. The number of anilines is 1. The lowest BCUT2D eigenvalue weighted by molar-refractivity contribution is -0.121.